The molecule has 0 aliphatic carbocycles. The molecule has 6 heteroatoms. The van der Waals surface area contributed by atoms with Crippen LogP contribution < -0.4 is 0 Å². The minimum absolute atomic E-state index is 0.175. The molecule has 2 aromatic rings. The topological polar surface area (TPSA) is 55.6 Å². The Bertz CT molecular complexity index is 736. The van der Waals surface area contributed by atoms with Gasteiger partial charge in [-0.15, -0.1) is 0 Å². The molecule has 1 aliphatic heterocycles. The first-order valence-corrected chi connectivity index (χ1v) is 8.06. The Kier molecular flexibility index (Phi) is 4.30. The normalized spacial score (nSPS) is 18.0. The third-order valence-electron chi connectivity index (χ3n) is 3.86. The van der Waals surface area contributed by atoms with Crippen LogP contribution in [-0.4, -0.2) is 28.3 Å². The van der Waals surface area contributed by atoms with Crippen LogP contribution in [0.25, 0.3) is 11.3 Å². The molecule has 3 rings (SSSR count). The van der Waals surface area contributed by atoms with E-state index < -0.39 is 5.60 Å². The van der Waals surface area contributed by atoms with Crippen molar-refractivity contribution in [1.29, 1.82) is 0 Å². The van der Waals surface area contributed by atoms with Crippen molar-refractivity contribution in [2.24, 2.45) is 0 Å². The van der Waals surface area contributed by atoms with E-state index in [0.29, 0.717) is 23.6 Å². The molecule has 1 atom stereocenters. The third-order valence-corrected chi connectivity index (χ3v) is 3.86. The van der Waals surface area contributed by atoms with E-state index in [2.05, 4.69) is 5.16 Å². The van der Waals surface area contributed by atoms with E-state index >= 15 is 0 Å². The Morgan fingerprint density at radius 2 is 2.17 bits per heavy atom. The number of carbonyl (C=O) groups is 1. The van der Waals surface area contributed by atoms with Crippen molar-refractivity contribution in [2.75, 3.05) is 6.54 Å². The molecule has 1 amide bonds. The lowest BCUT2D eigenvalue weighted by Gasteiger charge is -2.27. The summed E-state index contributed by atoms with van der Waals surface area (Å²) in [5.41, 5.74) is 0.744. The van der Waals surface area contributed by atoms with Gasteiger partial charge in [-0.2, -0.15) is 0 Å². The highest BCUT2D eigenvalue weighted by Crippen LogP contribution is 2.34. The minimum Gasteiger partial charge on any atom is -0.444 e. The summed E-state index contributed by atoms with van der Waals surface area (Å²) in [6, 6.07) is 7.74. The number of rotatable bonds is 2. The number of hydrogen-bond acceptors (Lipinski definition) is 4. The van der Waals surface area contributed by atoms with Crippen LogP contribution in [0.1, 0.15) is 45.3 Å². The average molecular weight is 332 g/mol. The molecule has 24 heavy (non-hydrogen) atoms. The Balaban J connectivity index is 1.80. The molecule has 0 saturated carbocycles. The molecule has 0 radical (unpaired) electrons. The van der Waals surface area contributed by atoms with Gasteiger partial charge < -0.3 is 9.26 Å². The lowest BCUT2D eigenvalue weighted by atomic mass is 10.1. The second-order valence-corrected chi connectivity index (χ2v) is 6.96. The van der Waals surface area contributed by atoms with E-state index in [9.17, 15) is 9.18 Å². The Labute approximate surface area is 140 Å². The van der Waals surface area contributed by atoms with Crippen molar-refractivity contribution >= 4 is 6.09 Å². The van der Waals surface area contributed by atoms with Crippen molar-refractivity contribution in [3.8, 4) is 11.3 Å². The van der Waals surface area contributed by atoms with Crippen LogP contribution in [0, 0.1) is 5.82 Å². The fourth-order valence-corrected chi connectivity index (χ4v) is 2.84. The molecule has 1 saturated heterocycles. The third kappa shape index (κ3) is 3.58. The summed E-state index contributed by atoms with van der Waals surface area (Å²) in [6.45, 7) is 6.15. The van der Waals surface area contributed by atoms with E-state index in [1.165, 1.54) is 12.1 Å². The van der Waals surface area contributed by atoms with Crippen LogP contribution in [0.2, 0.25) is 0 Å². The van der Waals surface area contributed by atoms with Crippen LogP contribution in [0.5, 0.6) is 0 Å². The number of likely N-dealkylation sites (tertiary alicyclic amines) is 1. The first kappa shape index (κ1) is 16.5. The quantitative estimate of drug-likeness (QED) is 0.809. The summed E-state index contributed by atoms with van der Waals surface area (Å²) in [5.74, 6) is 0.155. The van der Waals surface area contributed by atoms with Crippen LogP contribution in [0.4, 0.5) is 9.18 Å². The summed E-state index contributed by atoms with van der Waals surface area (Å²) in [6.07, 6.45) is 1.33. The molecule has 1 fully saturated rings. The Morgan fingerprint density at radius 1 is 1.38 bits per heavy atom. The second-order valence-electron chi connectivity index (χ2n) is 6.96. The van der Waals surface area contributed by atoms with E-state index in [1.807, 2.05) is 20.8 Å². The number of amides is 1. The predicted molar refractivity (Wildman–Crippen MR) is 86.8 cm³/mol. The standard InChI is InChI=1S/C18H21FN2O3/c1-18(2,3)23-17(22)21-9-5-8-15(21)14-11-16(24-20-14)12-6-4-7-13(19)10-12/h4,6-7,10-11,15H,5,8-9H2,1-3H3. The molecular formula is C18H21FN2O3. The van der Waals surface area contributed by atoms with E-state index in [1.54, 1.807) is 23.1 Å². The van der Waals surface area contributed by atoms with Gasteiger partial charge in [-0.1, -0.05) is 17.3 Å². The van der Waals surface area contributed by atoms with E-state index in [4.69, 9.17) is 9.26 Å². The molecule has 0 N–H and O–H groups in total. The number of nitrogens with zero attached hydrogens (tertiary/aromatic N) is 2. The van der Waals surface area contributed by atoms with Gasteiger partial charge >= 0.3 is 6.09 Å². The summed E-state index contributed by atoms with van der Waals surface area (Å²) in [7, 11) is 0. The second kappa shape index (κ2) is 6.26. The average Bonchev–Trinajstić information content (AvgIpc) is 3.14. The molecule has 1 aromatic carbocycles. The lowest BCUT2D eigenvalue weighted by molar-refractivity contribution is 0.0219. The van der Waals surface area contributed by atoms with Crippen molar-refractivity contribution in [2.45, 2.75) is 45.3 Å². The molecule has 1 aliphatic rings. The van der Waals surface area contributed by atoms with Gasteiger partial charge in [0.2, 0.25) is 0 Å². The molecule has 0 spiro atoms. The highest BCUT2D eigenvalue weighted by atomic mass is 19.1. The van der Waals surface area contributed by atoms with Gasteiger partial charge in [-0.3, -0.25) is 4.90 Å². The molecule has 0 bridgehead atoms. The molecule has 5 nitrogen and oxygen atoms in total. The fourth-order valence-electron chi connectivity index (χ4n) is 2.84. The number of halogens is 1. The SMILES string of the molecule is CC(C)(C)OC(=O)N1CCCC1c1cc(-c2cccc(F)c2)on1. The van der Waals surface area contributed by atoms with Crippen LogP contribution in [0.15, 0.2) is 34.9 Å². The summed E-state index contributed by atoms with van der Waals surface area (Å²) >= 11 is 0. The minimum atomic E-state index is -0.541. The van der Waals surface area contributed by atoms with Crippen LogP contribution >= 0.6 is 0 Å². The maximum Gasteiger partial charge on any atom is 0.410 e. The van der Waals surface area contributed by atoms with E-state index in [-0.39, 0.29) is 18.0 Å². The lowest BCUT2D eigenvalue weighted by Crippen LogP contribution is -2.36. The summed E-state index contributed by atoms with van der Waals surface area (Å²) in [4.78, 5) is 14.0. The first-order chi connectivity index (χ1) is 11.3. The largest absolute Gasteiger partial charge is 0.444 e. The zero-order valence-electron chi connectivity index (χ0n) is 14.1. The smallest absolute Gasteiger partial charge is 0.410 e. The van der Waals surface area contributed by atoms with Gasteiger partial charge in [-0.05, 0) is 45.7 Å². The number of benzene rings is 1. The first-order valence-electron chi connectivity index (χ1n) is 8.06. The molecule has 128 valence electrons. The van der Waals surface area contributed by atoms with Gasteiger partial charge in [0.1, 0.15) is 17.1 Å². The monoisotopic (exact) mass is 332 g/mol. The fraction of sp³-hybridized carbons (Fsp3) is 0.444. The molecule has 1 aromatic heterocycles. The van der Waals surface area contributed by atoms with Crippen molar-refractivity contribution in [1.82, 2.24) is 10.1 Å². The van der Waals surface area contributed by atoms with Crippen molar-refractivity contribution < 1.29 is 18.4 Å². The van der Waals surface area contributed by atoms with E-state index in [0.717, 1.165) is 12.8 Å². The van der Waals surface area contributed by atoms with Crippen LogP contribution in [0.3, 0.4) is 0 Å². The number of hydrogen-bond donors (Lipinski definition) is 0. The predicted octanol–water partition coefficient (Wildman–Crippen LogP) is 4.55. The van der Waals surface area contributed by atoms with Gasteiger partial charge in [0.25, 0.3) is 0 Å². The van der Waals surface area contributed by atoms with Crippen LogP contribution in [-0.2, 0) is 4.74 Å². The zero-order valence-corrected chi connectivity index (χ0v) is 14.1. The zero-order chi connectivity index (χ0) is 17.3. The van der Waals surface area contributed by atoms with Gasteiger partial charge in [0.05, 0.1) is 6.04 Å². The molecule has 2 heterocycles. The summed E-state index contributed by atoms with van der Waals surface area (Å²) in [5, 5.41) is 4.09. The maximum absolute atomic E-state index is 13.4. The summed E-state index contributed by atoms with van der Waals surface area (Å²) < 4.78 is 24.2. The van der Waals surface area contributed by atoms with Crippen molar-refractivity contribution in [3.63, 3.8) is 0 Å². The van der Waals surface area contributed by atoms with Gasteiger partial charge in [0.15, 0.2) is 5.76 Å². The molecule has 1 unspecified atom stereocenters. The Hall–Kier alpha value is -2.37. The number of aromatic nitrogens is 1. The maximum atomic E-state index is 13.4. The highest BCUT2D eigenvalue weighted by Gasteiger charge is 2.35. The van der Waals surface area contributed by atoms with Gasteiger partial charge in [-0.25, -0.2) is 9.18 Å². The Morgan fingerprint density at radius 3 is 2.88 bits per heavy atom. The van der Waals surface area contributed by atoms with Crippen molar-refractivity contribution in [3.05, 3.63) is 41.8 Å². The number of ether oxygens (including phenoxy) is 1. The highest BCUT2D eigenvalue weighted by molar-refractivity contribution is 5.69. The van der Waals surface area contributed by atoms with Gasteiger partial charge in [0, 0.05) is 18.2 Å². The molecular weight excluding hydrogens is 311 g/mol. The number of carbonyl (C=O) groups excluding carboxylic acids is 1.